The summed E-state index contributed by atoms with van der Waals surface area (Å²) in [5.74, 6) is 4.19. The van der Waals surface area contributed by atoms with E-state index in [9.17, 15) is 4.79 Å². The number of hydrogen-bond donors (Lipinski definition) is 1. The molecule has 42 valence electrons. The minimum Gasteiger partial charge on any atom is -0.363 e. The Bertz CT molecular complexity index is 177. The number of nitrogens with zero attached hydrogens (tertiary/aromatic N) is 1. The average molecular weight is 111 g/mol. The second-order valence-electron chi connectivity index (χ2n) is 1.56. The third-order valence-corrected chi connectivity index (χ3v) is 0.995. The molecule has 0 aliphatic carbocycles. The summed E-state index contributed by atoms with van der Waals surface area (Å²) in [5, 5.41) is 8.70. The highest BCUT2D eigenvalue weighted by Gasteiger charge is 2.17. The highest BCUT2D eigenvalue weighted by atomic mass is 16.3. The van der Waals surface area contributed by atoms with Crippen LogP contribution in [0.15, 0.2) is 0 Å². The molecule has 0 saturated heterocycles. The molecule has 1 aliphatic heterocycles. The Morgan fingerprint density at radius 2 is 2.50 bits per heavy atom. The summed E-state index contributed by atoms with van der Waals surface area (Å²) in [4.78, 5) is 11.5. The maximum atomic E-state index is 10.4. The first-order chi connectivity index (χ1) is 3.72. The lowest BCUT2D eigenvalue weighted by molar-refractivity contribution is -0.128. The predicted molar refractivity (Wildman–Crippen MR) is 26.6 cm³/mol. The molecule has 0 saturated carbocycles. The van der Waals surface area contributed by atoms with E-state index in [0.29, 0.717) is 0 Å². The molecular weight excluding hydrogens is 106 g/mol. The smallest absolute Gasteiger partial charge is 0.301 e. The summed E-state index contributed by atoms with van der Waals surface area (Å²) in [6.07, 6.45) is -0.887. The molecule has 0 aromatic rings. The van der Waals surface area contributed by atoms with Gasteiger partial charge < -0.3 is 5.11 Å². The highest BCUT2D eigenvalue weighted by Crippen LogP contribution is 1.95. The lowest BCUT2D eigenvalue weighted by Gasteiger charge is -2.10. The van der Waals surface area contributed by atoms with Gasteiger partial charge in [-0.1, -0.05) is 0 Å². The Balaban J connectivity index is 2.74. The van der Waals surface area contributed by atoms with Gasteiger partial charge in [0.05, 0.1) is 0 Å². The van der Waals surface area contributed by atoms with Crippen LogP contribution in [-0.4, -0.2) is 29.2 Å². The number of carbonyl (C=O) groups is 1. The standard InChI is InChI=1S/C5H5NO2/c1-6-4(7)2-3-5(6)8/h4,7H,1H3. The monoisotopic (exact) mass is 111 g/mol. The van der Waals surface area contributed by atoms with E-state index in [1.807, 2.05) is 0 Å². The van der Waals surface area contributed by atoms with Crippen LogP contribution < -0.4 is 0 Å². The fraction of sp³-hybridized carbons (Fsp3) is 0.400. The maximum Gasteiger partial charge on any atom is 0.301 e. The molecule has 0 aromatic heterocycles. The summed E-state index contributed by atoms with van der Waals surface area (Å²) >= 11 is 0. The van der Waals surface area contributed by atoms with Gasteiger partial charge in [-0.25, -0.2) is 0 Å². The minimum atomic E-state index is -0.887. The van der Waals surface area contributed by atoms with Crippen LogP contribution in [0.3, 0.4) is 0 Å². The number of rotatable bonds is 0. The zero-order valence-electron chi connectivity index (χ0n) is 4.38. The SMILES string of the molecule is CN1C(=O)C#CC1O. The lowest BCUT2D eigenvalue weighted by Crippen LogP contribution is -2.30. The van der Waals surface area contributed by atoms with Crippen molar-refractivity contribution < 1.29 is 9.90 Å². The molecule has 3 nitrogen and oxygen atoms in total. The molecular formula is C5H5NO2. The second-order valence-corrected chi connectivity index (χ2v) is 1.56. The van der Waals surface area contributed by atoms with E-state index in [2.05, 4.69) is 11.8 Å². The Hall–Kier alpha value is -1.01. The predicted octanol–water partition coefficient (Wildman–Crippen LogP) is -1.22. The fourth-order valence-corrected chi connectivity index (χ4v) is 0.422. The molecule has 1 heterocycles. The van der Waals surface area contributed by atoms with Gasteiger partial charge in [0.1, 0.15) is 0 Å². The van der Waals surface area contributed by atoms with Gasteiger partial charge in [-0.15, -0.1) is 0 Å². The summed E-state index contributed by atoms with van der Waals surface area (Å²) in [5.41, 5.74) is 0. The van der Waals surface area contributed by atoms with Gasteiger partial charge in [-0.3, -0.25) is 9.69 Å². The number of amides is 1. The van der Waals surface area contributed by atoms with Crippen LogP contribution in [-0.2, 0) is 4.79 Å². The van der Waals surface area contributed by atoms with Gasteiger partial charge in [0.25, 0.3) is 0 Å². The van der Waals surface area contributed by atoms with Crippen molar-refractivity contribution >= 4 is 5.91 Å². The van der Waals surface area contributed by atoms with E-state index in [1.165, 1.54) is 7.05 Å². The normalized spacial score (nSPS) is 25.5. The van der Waals surface area contributed by atoms with Gasteiger partial charge in [-0.2, -0.15) is 0 Å². The molecule has 8 heavy (non-hydrogen) atoms. The van der Waals surface area contributed by atoms with E-state index < -0.39 is 6.23 Å². The van der Waals surface area contributed by atoms with E-state index in [4.69, 9.17) is 5.11 Å². The van der Waals surface area contributed by atoms with Gasteiger partial charge >= 0.3 is 5.91 Å². The molecule has 0 aromatic carbocycles. The lowest BCUT2D eigenvalue weighted by atomic mass is 10.6. The quantitative estimate of drug-likeness (QED) is 0.398. The number of aliphatic hydroxyl groups is 1. The van der Waals surface area contributed by atoms with Crippen molar-refractivity contribution in [1.29, 1.82) is 0 Å². The molecule has 1 aliphatic rings. The van der Waals surface area contributed by atoms with Crippen LogP contribution in [0.2, 0.25) is 0 Å². The molecule has 1 amide bonds. The molecule has 0 spiro atoms. The molecule has 1 N–H and O–H groups in total. The van der Waals surface area contributed by atoms with Gasteiger partial charge in [0, 0.05) is 7.05 Å². The van der Waals surface area contributed by atoms with Crippen LogP contribution in [0, 0.1) is 11.8 Å². The van der Waals surface area contributed by atoms with Crippen LogP contribution in [0.1, 0.15) is 0 Å². The first-order valence-electron chi connectivity index (χ1n) is 2.18. The zero-order valence-corrected chi connectivity index (χ0v) is 4.38. The summed E-state index contributed by atoms with van der Waals surface area (Å²) in [6, 6.07) is 0. The largest absolute Gasteiger partial charge is 0.363 e. The van der Waals surface area contributed by atoms with Crippen LogP contribution >= 0.6 is 0 Å². The molecule has 0 bridgehead atoms. The van der Waals surface area contributed by atoms with Gasteiger partial charge in [0.2, 0.25) is 0 Å². The maximum absolute atomic E-state index is 10.4. The minimum absolute atomic E-state index is 0.322. The number of aliphatic hydroxyl groups excluding tert-OH is 1. The van der Waals surface area contributed by atoms with Crippen LogP contribution in [0.25, 0.3) is 0 Å². The summed E-state index contributed by atoms with van der Waals surface area (Å²) < 4.78 is 0. The van der Waals surface area contributed by atoms with Gasteiger partial charge in [0.15, 0.2) is 6.23 Å². The third kappa shape index (κ3) is 0.553. The highest BCUT2D eigenvalue weighted by molar-refractivity contribution is 5.96. The van der Waals surface area contributed by atoms with Crippen molar-refractivity contribution in [2.75, 3.05) is 7.05 Å². The van der Waals surface area contributed by atoms with E-state index >= 15 is 0 Å². The van der Waals surface area contributed by atoms with Crippen LogP contribution in [0.5, 0.6) is 0 Å². The number of hydrogen-bond acceptors (Lipinski definition) is 2. The molecule has 1 rings (SSSR count). The fourth-order valence-electron chi connectivity index (χ4n) is 0.422. The zero-order chi connectivity index (χ0) is 6.15. The molecule has 1 atom stereocenters. The Morgan fingerprint density at radius 3 is 2.62 bits per heavy atom. The third-order valence-electron chi connectivity index (χ3n) is 0.995. The summed E-state index contributed by atoms with van der Waals surface area (Å²) in [6.45, 7) is 0. The topological polar surface area (TPSA) is 40.5 Å². The van der Waals surface area contributed by atoms with E-state index in [-0.39, 0.29) is 5.91 Å². The molecule has 0 radical (unpaired) electrons. The van der Waals surface area contributed by atoms with Crippen molar-refractivity contribution in [1.82, 2.24) is 4.90 Å². The number of carbonyl (C=O) groups excluding carboxylic acids is 1. The van der Waals surface area contributed by atoms with Gasteiger partial charge in [-0.05, 0) is 11.8 Å². The average Bonchev–Trinajstić information content (AvgIpc) is 1.98. The van der Waals surface area contributed by atoms with E-state index in [1.54, 1.807) is 0 Å². The van der Waals surface area contributed by atoms with Crippen molar-refractivity contribution in [3.63, 3.8) is 0 Å². The first-order valence-corrected chi connectivity index (χ1v) is 2.18. The first kappa shape index (κ1) is 5.13. The molecule has 0 fully saturated rings. The van der Waals surface area contributed by atoms with Crippen LogP contribution in [0.4, 0.5) is 0 Å². The molecule has 3 heteroatoms. The summed E-state index contributed by atoms with van der Waals surface area (Å²) in [7, 11) is 1.49. The Kier molecular flexibility index (Phi) is 0.959. The van der Waals surface area contributed by atoms with E-state index in [0.717, 1.165) is 4.90 Å². The molecule has 1 unspecified atom stereocenters. The Morgan fingerprint density at radius 1 is 1.88 bits per heavy atom. The van der Waals surface area contributed by atoms with Crippen molar-refractivity contribution in [2.45, 2.75) is 6.23 Å². The Labute approximate surface area is 46.9 Å². The van der Waals surface area contributed by atoms with Crippen molar-refractivity contribution in [2.24, 2.45) is 0 Å². The second kappa shape index (κ2) is 1.49. The van der Waals surface area contributed by atoms with Crippen molar-refractivity contribution in [3.05, 3.63) is 0 Å². The van der Waals surface area contributed by atoms with Crippen molar-refractivity contribution in [3.8, 4) is 11.8 Å².